The first kappa shape index (κ1) is 15.0. The van der Waals surface area contributed by atoms with Crippen LogP contribution in [-0.4, -0.2) is 33.7 Å². The molecular weight excluding hydrogens is 296 g/mol. The lowest BCUT2D eigenvalue weighted by Crippen LogP contribution is -2.21. The Labute approximate surface area is 134 Å². The van der Waals surface area contributed by atoms with Gasteiger partial charge in [-0.15, -0.1) is 11.3 Å². The van der Waals surface area contributed by atoms with Crippen molar-refractivity contribution < 1.29 is 4.42 Å². The first-order valence-corrected chi connectivity index (χ1v) is 8.18. The van der Waals surface area contributed by atoms with Gasteiger partial charge in [0.1, 0.15) is 5.76 Å². The number of likely N-dealkylation sites (N-methyl/N-ethyl adjacent to an activating group) is 1. The standard InChI is InChI=1S/C16H20N4OS/c1-11-5-7-22-15(11)16-19-14(12(2)21-16)10-20(3)6-4-13-8-17-18-9-13/h5,7-9H,4,6,10H2,1-3H3,(H,17,18). The maximum Gasteiger partial charge on any atom is 0.237 e. The SMILES string of the molecule is Cc1ccsc1-c1nc(CN(C)CCc2cn[nH]c2)c(C)o1. The second-order valence-electron chi connectivity index (χ2n) is 5.55. The first-order chi connectivity index (χ1) is 10.6. The summed E-state index contributed by atoms with van der Waals surface area (Å²) in [4.78, 5) is 8.06. The number of hydrogen-bond donors (Lipinski definition) is 1. The van der Waals surface area contributed by atoms with Crippen molar-refractivity contribution in [2.75, 3.05) is 13.6 Å². The average Bonchev–Trinajstić information content (AvgIpc) is 3.19. The van der Waals surface area contributed by atoms with E-state index in [9.17, 15) is 0 Å². The number of aryl methyl sites for hydroxylation is 2. The number of aromatic nitrogens is 3. The van der Waals surface area contributed by atoms with E-state index < -0.39 is 0 Å². The molecule has 0 atom stereocenters. The molecule has 5 nitrogen and oxygen atoms in total. The summed E-state index contributed by atoms with van der Waals surface area (Å²) in [6, 6.07) is 2.09. The minimum absolute atomic E-state index is 0.739. The van der Waals surface area contributed by atoms with E-state index in [2.05, 4.69) is 45.5 Å². The fourth-order valence-corrected chi connectivity index (χ4v) is 3.18. The molecule has 3 aromatic heterocycles. The van der Waals surface area contributed by atoms with Crippen molar-refractivity contribution in [2.24, 2.45) is 0 Å². The number of rotatable bonds is 6. The maximum atomic E-state index is 5.85. The zero-order valence-corrected chi connectivity index (χ0v) is 13.9. The van der Waals surface area contributed by atoms with Crippen LogP contribution in [-0.2, 0) is 13.0 Å². The van der Waals surface area contributed by atoms with E-state index in [1.807, 2.05) is 19.3 Å². The van der Waals surface area contributed by atoms with E-state index in [0.29, 0.717) is 0 Å². The zero-order valence-electron chi connectivity index (χ0n) is 13.1. The van der Waals surface area contributed by atoms with Gasteiger partial charge >= 0.3 is 0 Å². The number of thiophene rings is 1. The third-order valence-electron chi connectivity index (χ3n) is 3.71. The molecule has 1 N–H and O–H groups in total. The van der Waals surface area contributed by atoms with Gasteiger partial charge in [0.2, 0.25) is 5.89 Å². The number of aromatic amines is 1. The van der Waals surface area contributed by atoms with Gasteiger partial charge < -0.3 is 9.32 Å². The van der Waals surface area contributed by atoms with Gasteiger partial charge in [0.15, 0.2) is 0 Å². The molecule has 0 saturated carbocycles. The summed E-state index contributed by atoms with van der Waals surface area (Å²) in [5.41, 5.74) is 3.45. The summed E-state index contributed by atoms with van der Waals surface area (Å²) in [6.45, 7) is 5.82. The summed E-state index contributed by atoms with van der Waals surface area (Å²) in [5.74, 6) is 1.64. The quantitative estimate of drug-likeness (QED) is 0.757. The Bertz CT molecular complexity index is 729. The van der Waals surface area contributed by atoms with Crippen molar-refractivity contribution in [3.8, 4) is 10.8 Å². The van der Waals surface area contributed by atoms with E-state index in [-0.39, 0.29) is 0 Å². The number of nitrogens with zero attached hydrogens (tertiary/aromatic N) is 3. The average molecular weight is 316 g/mol. The highest BCUT2D eigenvalue weighted by molar-refractivity contribution is 7.13. The predicted molar refractivity (Wildman–Crippen MR) is 87.9 cm³/mol. The van der Waals surface area contributed by atoms with Gasteiger partial charge in [-0.3, -0.25) is 5.10 Å². The lowest BCUT2D eigenvalue weighted by molar-refractivity contribution is 0.325. The Morgan fingerprint density at radius 1 is 1.36 bits per heavy atom. The third-order valence-corrected chi connectivity index (χ3v) is 4.71. The molecule has 0 spiro atoms. The molecule has 6 heteroatoms. The molecule has 0 fully saturated rings. The molecule has 0 aromatic carbocycles. The fraction of sp³-hybridized carbons (Fsp3) is 0.375. The first-order valence-electron chi connectivity index (χ1n) is 7.30. The summed E-state index contributed by atoms with van der Waals surface area (Å²) in [7, 11) is 2.10. The van der Waals surface area contributed by atoms with Crippen LogP contribution < -0.4 is 0 Å². The van der Waals surface area contributed by atoms with Gasteiger partial charge in [-0.05, 0) is 49.9 Å². The Kier molecular flexibility index (Phi) is 4.40. The molecule has 22 heavy (non-hydrogen) atoms. The summed E-state index contributed by atoms with van der Waals surface area (Å²) in [6.07, 6.45) is 4.78. The summed E-state index contributed by atoms with van der Waals surface area (Å²) >= 11 is 1.67. The van der Waals surface area contributed by atoms with Crippen LogP contribution in [0.4, 0.5) is 0 Å². The number of hydrogen-bond acceptors (Lipinski definition) is 5. The highest BCUT2D eigenvalue weighted by Gasteiger charge is 2.15. The van der Waals surface area contributed by atoms with Crippen LogP contribution in [0.25, 0.3) is 10.8 Å². The Morgan fingerprint density at radius 2 is 2.23 bits per heavy atom. The van der Waals surface area contributed by atoms with Gasteiger partial charge in [0.25, 0.3) is 0 Å². The molecule has 116 valence electrons. The van der Waals surface area contributed by atoms with Crippen molar-refractivity contribution in [1.29, 1.82) is 0 Å². The van der Waals surface area contributed by atoms with Crippen molar-refractivity contribution in [3.63, 3.8) is 0 Å². The number of oxazole rings is 1. The maximum absolute atomic E-state index is 5.85. The molecule has 0 amide bonds. The Hall–Kier alpha value is -1.92. The molecule has 0 aliphatic rings. The summed E-state index contributed by atoms with van der Waals surface area (Å²) < 4.78 is 5.85. The molecule has 0 radical (unpaired) electrons. The highest BCUT2D eigenvalue weighted by atomic mass is 32.1. The van der Waals surface area contributed by atoms with E-state index >= 15 is 0 Å². The van der Waals surface area contributed by atoms with Crippen LogP contribution in [0.1, 0.15) is 22.6 Å². The third kappa shape index (κ3) is 3.28. The number of H-pyrrole nitrogens is 1. The topological polar surface area (TPSA) is 58.0 Å². The van der Waals surface area contributed by atoms with Crippen LogP contribution in [0.15, 0.2) is 28.3 Å². The normalized spacial score (nSPS) is 11.5. The van der Waals surface area contributed by atoms with Gasteiger partial charge in [0.05, 0.1) is 16.8 Å². The van der Waals surface area contributed by atoms with Gasteiger partial charge in [-0.2, -0.15) is 5.10 Å². The predicted octanol–water partition coefficient (Wildman–Crippen LogP) is 3.42. The van der Waals surface area contributed by atoms with Crippen LogP contribution in [0.2, 0.25) is 0 Å². The lowest BCUT2D eigenvalue weighted by atomic mass is 10.2. The van der Waals surface area contributed by atoms with Crippen molar-refractivity contribution >= 4 is 11.3 Å². The fourth-order valence-electron chi connectivity index (χ4n) is 2.33. The summed E-state index contributed by atoms with van der Waals surface area (Å²) in [5, 5.41) is 8.88. The monoisotopic (exact) mass is 316 g/mol. The smallest absolute Gasteiger partial charge is 0.237 e. The molecule has 0 bridgehead atoms. The molecule has 3 aromatic rings. The Morgan fingerprint density at radius 3 is 2.91 bits per heavy atom. The Balaban J connectivity index is 1.65. The van der Waals surface area contributed by atoms with E-state index in [0.717, 1.165) is 41.7 Å². The number of nitrogens with one attached hydrogen (secondary N) is 1. The minimum atomic E-state index is 0.739. The van der Waals surface area contributed by atoms with Crippen molar-refractivity contribution in [1.82, 2.24) is 20.1 Å². The molecule has 3 rings (SSSR count). The van der Waals surface area contributed by atoms with Gasteiger partial charge in [-0.1, -0.05) is 0 Å². The molecule has 0 saturated heterocycles. The van der Waals surface area contributed by atoms with Gasteiger partial charge in [-0.25, -0.2) is 4.98 Å². The second-order valence-corrected chi connectivity index (χ2v) is 6.47. The molecule has 0 unspecified atom stereocenters. The van der Waals surface area contributed by atoms with E-state index in [1.54, 1.807) is 11.3 Å². The van der Waals surface area contributed by atoms with Crippen molar-refractivity contribution in [2.45, 2.75) is 26.8 Å². The highest BCUT2D eigenvalue weighted by Crippen LogP contribution is 2.29. The van der Waals surface area contributed by atoms with E-state index in [1.165, 1.54) is 11.1 Å². The lowest BCUT2D eigenvalue weighted by Gasteiger charge is -2.14. The molecule has 0 aliphatic heterocycles. The second kappa shape index (κ2) is 6.46. The van der Waals surface area contributed by atoms with Crippen LogP contribution in [0.5, 0.6) is 0 Å². The van der Waals surface area contributed by atoms with Crippen LogP contribution in [0.3, 0.4) is 0 Å². The molecular formula is C16H20N4OS. The molecule has 0 aliphatic carbocycles. The molecule has 3 heterocycles. The van der Waals surface area contributed by atoms with E-state index in [4.69, 9.17) is 4.42 Å². The zero-order chi connectivity index (χ0) is 15.5. The van der Waals surface area contributed by atoms with Crippen molar-refractivity contribution in [3.05, 3.63) is 46.4 Å². The van der Waals surface area contributed by atoms with Crippen LogP contribution >= 0.6 is 11.3 Å². The largest absolute Gasteiger partial charge is 0.440 e. The van der Waals surface area contributed by atoms with Crippen LogP contribution in [0, 0.1) is 13.8 Å². The minimum Gasteiger partial charge on any atom is -0.440 e. The van der Waals surface area contributed by atoms with Gasteiger partial charge in [0, 0.05) is 19.3 Å².